The van der Waals surface area contributed by atoms with Gasteiger partial charge in [0.15, 0.2) is 6.61 Å². The van der Waals surface area contributed by atoms with Gasteiger partial charge in [0.1, 0.15) is 0 Å². The van der Waals surface area contributed by atoms with Gasteiger partial charge in [0.05, 0.1) is 16.3 Å². The van der Waals surface area contributed by atoms with Crippen LogP contribution in [0.25, 0.3) is 0 Å². The Morgan fingerprint density at radius 2 is 2.16 bits per heavy atom. The number of halogens is 1. The highest BCUT2D eigenvalue weighted by Gasteiger charge is 2.11. The molecule has 100 valence electrons. The molecule has 2 N–H and O–H groups in total. The van der Waals surface area contributed by atoms with E-state index in [1.165, 1.54) is 18.2 Å². The number of benzene rings is 1. The molecular formula is C12H12ClN3O3. The summed E-state index contributed by atoms with van der Waals surface area (Å²) in [6, 6.07) is 4.53. The molecule has 7 heteroatoms. The molecular weight excluding hydrogens is 270 g/mol. The minimum atomic E-state index is -0.528. The van der Waals surface area contributed by atoms with Gasteiger partial charge in [-0.3, -0.25) is 0 Å². The smallest absolute Gasteiger partial charge is 0.338 e. The van der Waals surface area contributed by atoms with Crippen molar-refractivity contribution in [2.24, 2.45) is 0 Å². The van der Waals surface area contributed by atoms with Gasteiger partial charge >= 0.3 is 5.97 Å². The first-order chi connectivity index (χ1) is 9.10. The highest BCUT2D eigenvalue weighted by molar-refractivity contribution is 6.33. The van der Waals surface area contributed by atoms with E-state index in [0.717, 1.165) is 0 Å². The third-order valence-electron chi connectivity index (χ3n) is 2.37. The van der Waals surface area contributed by atoms with E-state index in [4.69, 9.17) is 26.5 Å². The number of nitrogens with zero attached hydrogens (tertiary/aromatic N) is 2. The van der Waals surface area contributed by atoms with E-state index in [2.05, 4.69) is 10.2 Å². The zero-order chi connectivity index (χ0) is 13.8. The molecule has 1 heterocycles. The first kappa shape index (κ1) is 13.4. The van der Waals surface area contributed by atoms with Crippen LogP contribution in [-0.2, 0) is 17.8 Å². The van der Waals surface area contributed by atoms with Crippen LogP contribution < -0.4 is 5.73 Å². The van der Waals surface area contributed by atoms with Crippen molar-refractivity contribution in [3.8, 4) is 0 Å². The quantitative estimate of drug-likeness (QED) is 0.682. The summed E-state index contributed by atoms with van der Waals surface area (Å²) in [6.45, 7) is 1.81. The average molecular weight is 282 g/mol. The SMILES string of the molecule is CCc1nnc(COC(=O)c2ccc(Cl)c(N)c2)o1. The summed E-state index contributed by atoms with van der Waals surface area (Å²) in [5.41, 5.74) is 6.24. The van der Waals surface area contributed by atoms with E-state index in [-0.39, 0.29) is 12.5 Å². The third kappa shape index (κ3) is 3.23. The van der Waals surface area contributed by atoms with E-state index in [1.54, 1.807) is 0 Å². The zero-order valence-electron chi connectivity index (χ0n) is 10.2. The van der Waals surface area contributed by atoms with E-state index in [0.29, 0.717) is 28.6 Å². The van der Waals surface area contributed by atoms with Gasteiger partial charge < -0.3 is 14.9 Å². The molecule has 0 amide bonds. The fraction of sp³-hybridized carbons (Fsp3) is 0.250. The average Bonchev–Trinajstić information content (AvgIpc) is 2.87. The van der Waals surface area contributed by atoms with Crippen LogP contribution in [0, 0.1) is 0 Å². The topological polar surface area (TPSA) is 91.2 Å². The van der Waals surface area contributed by atoms with Crippen LogP contribution >= 0.6 is 11.6 Å². The normalized spacial score (nSPS) is 10.4. The van der Waals surface area contributed by atoms with Crippen LogP contribution in [0.1, 0.15) is 29.1 Å². The van der Waals surface area contributed by atoms with Crippen molar-refractivity contribution in [1.82, 2.24) is 10.2 Å². The van der Waals surface area contributed by atoms with Gasteiger partial charge in [0.25, 0.3) is 5.89 Å². The Hall–Kier alpha value is -2.08. The van der Waals surface area contributed by atoms with Crippen LogP contribution in [0.3, 0.4) is 0 Å². The van der Waals surface area contributed by atoms with Gasteiger partial charge in [-0.15, -0.1) is 10.2 Å². The molecule has 0 unspecified atom stereocenters. The van der Waals surface area contributed by atoms with E-state index in [1.807, 2.05) is 6.92 Å². The number of hydrogen-bond acceptors (Lipinski definition) is 6. The molecule has 1 aromatic heterocycles. The maximum absolute atomic E-state index is 11.7. The Labute approximate surface area is 114 Å². The Bertz CT molecular complexity index is 598. The van der Waals surface area contributed by atoms with Crippen molar-refractivity contribution < 1.29 is 13.9 Å². The molecule has 6 nitrogen and oxygen atoms in total. The van der Waals surface area contributed by atoms with Gasteiger partial charge in [0.2, 0.25) is 5.89 Å². The summed E-state index contributed by atoms with van der Waals surface area (Å²) < 4.78 is 10.2. The lowest BCUT2D eigenvalue weighted by atomic mass is 10.2. The van der Waals surface area contributed by atoms with E-state index < -0.39 is 5.97 Å². The Kier molecular flexibility index (Phi) is 4.01. The predicted octanol–water partition coefficient (Wildman–Crippen LogP) is 2.22. The van der Waals surface area contributed by atoms with Gasteiger partial charge in [-0.05, 0) is 18.2 Å². The maximum atomic E-state index is 11.7. The number of nitrogen functional groups attached to an aromatic ring is 1. The third-order valence-corrected chi connectivity index (χ3v) is 2.71. The highest BCUT2D eigenvalue weighted by Crippen LogP contribution is 2.20. The van der Waals surface area contributed by atoms with Crippen molar-refractivity contribution in [2.45, 2.75) is 20.0 Å². The van der Waals surface area contributed by atoms with Crippen LogP contribution in [0.2, 0.25) is 5.02 Å². The van der Waals surface area contributed by atoms with Crippen molar-refractivity contribution in [3.63, 3.8) is 0 Å². The number of anilines is 1. The largest absolute Gasteiger partial charge is 0.452 e. The summed E-state index contributed by atoms with van der Waals surface area (Å²) in [6.07, 6.45) is 0.634. The standard InChI is InChI=1S/C12H12ClN3O3/c1-2-10-15-16-11(19-10)6-18-12(17)7-3-4-8(13)9(14)5-7/h3-5H,2,6,14H2,1H3. The molecule has 0 saturated heterocycles. The summed E-state index contributed by atoms with van der Waals surface area (Å²) in [5.74, 6) is 0.230. The lowest BCUT2D eigenvalue weighted by Gasteiger charge is -2.04. The number of ether oxygens (including phenoxy) is 1. The molecule has 0 saturated carbocycles. The summed E-state index contributed by atoms with van der Waals surface area (Å²) >= 11 is 5.77. The molecule has 0 aliphatic heterocycles. The second kappa shape index (κ2) is 5.71. The number of nitrogens with two attached hydrogens (primary N) is 1. The van der Waals surface area contributed by atoms with Crippen LogP contribution in [0.15, 0.2) is 22.6 Å². The number of aromatic nitrogens is 2. The second-order valence-electron chi connectivity index (χ2n) is 3.76. The highest BCUT2D eigenvalue weighted by atomic mass is 35.5. The second-order valence-corrected chi connectivity index (χ2v) is 4.16. The van der Waals surface area contributed by atoms with Crippen molar-refractivity contribution in [2.75, 3.05) is 5.73 Å². The number of carbonyl (C=O) groups excluding carboxylic acids is 1. The van der Waals surface area contributed by atoms with Crippen molar-refractivity contribution in [1.29, 1.82) is 0 Å². The number of aryl methyl sites for hydroxylation is 1. The van der Waals surface area contributed by atoms with Crippen LogP contribution in [0.4, 0.5) is 5.69 Å². The number of hydrogen-bond donors (Lipinski definition) is 1. The van der Waals surface area contributed by atoms with Gasteiger partial charge in [-0.1, -0.05) is 18.5 Å². The molecule has 0 radical (unpaired) electrons. The van der Waals surface area contributed by atoms with Crippen LogP contribution in [-0.4, -0.2) is 16.2 Å². The number of carbonyl (C=O) groups is 1. The first-order valence-electron chi connectivity index (χ1n) is 5.63. The molecule has 0 bridgehead atoms. The molecule has 19 heavy (non-hydrogen) atoms. The minimum Gasteiger partial charge on any atom is -0.452 e. The summed E-state index contributed by atoms with van der Waals surface area (Å²) in [4.78, 5) is 11.7. The molecule has 2 rings (SSSR count). The summed E-state index contributed by atoms with van der Waals surface area (Å²) in [5, 5.41) is 7.90. The minimum absolute atomic E-state index is 0.0750. The lowest BCUT2D eigenvalue weighted by molar-refractivity contribution is 0.0436. The van der Waals surface area contributed by atoms with Gasteiger partial charge in [-0.25, -0.2) is 4.79 Å². The fourth-order valence-electron chi connectivity index (χ4n) is 1.37. The molecule has 0 atom stereocenters. The summed E-state index contributed by atoms with van der Waals surface area (Å²) in [7, 11) is 0. The molecule has 2 aromatic rings. The molecule has 1 aromatic carbocycles. The molecule has 0 aliphatic rings. The van der Waals surface area contributed by atoms with Crippen LogP contribution in [0.5, 0.6) is 0 Å². The Balaban J connectivity index is 1.99. The van der Waals surface area contributed by atoms with Gasteiger partial charge in [-0.2, -0.15) is 0 Å². The molecule has 0 aliphatic carbocycles. The molecule has 0 fully saturated rings. The van der Waals surface area contributed by atoms with Gasteiger partial charge in [0, 0.05) is 6.42 Å². The van der Waals surface area contributed by atoms with E-state index in [9.17, 15) is 4.79 Å². The first-order valence-corrected chi connectivity index (χ1v) is 6.01. The molecule has 0 spiro atoms. The number of rotatable bonds is 4. The van der Waals surface area contributed by atoms with Crippen molar-refractivity contribution >= 4 is 23.3 Å². The Morgan fingerprint density at radius 3 is 2.79 bits per heavy atom. The van der Waals surface area contributed by atoms with E-state index >= 15 is 0 Å². The lowest BCUT2D eigenvalue weighted by Crippen LogP contribution is -2.06. The van der Waals surface area contributed by atoms with Crippen molar-refractivity contribution in [3.05, 3.63) is 40.6 Å². The fourth-order valence-corrected chi connectivity index (χ4v) is 1.49. The Morgan fingerprint density at radius 1 is 1.42 bits per heavy atom. The predicted molar refractivity (Wildman–Crippen MR) is 68.7 cm³/mol. The maximum Gasteiger partial charge on any atom is 0.338 e. The monoisotopic (exact) mass is 281 g/mol. The number of esters is 1. The zero-order valence-corrected chi connectivity index (χ0v) is 11.0.